The Morgan fingerprint density at radius 1 is 1.73 bits per heavy atom. The lowest BCUT2D eigenvalue weighted by Crippen LogP contribution is -2.07. The van der Waals surface area contributed by atoms with Gasteiger partial charge in [0.05, 0.1) is 0 Å². The molecule has 0 atom stereocenters. The van der Waals surface area contributed by atoms with Gasteiger partial charge in [0.25, 0.3) is 0 Å². The summed E-state index contributed by atoms with van der Waals surface area (Å²) in [4.78, 5) is 4.13. The first-order valence-electron chi connectivity index (χ1n) is 3.23. The number of hydroxylamine groups is 1. The zero-order chi connectivity index (χ0) is 8.10. The second-order valence-corrected chi connectivity index (χ2v) is 2.80. The molecule has 0 amide bonds. The van der Waals surface area contributed by atoms with Crippen LogP contribution in [0.2, 0.25) is 0 Å². The van der Waals surface area contributed by atoms with Crippen LogP contribution in [-0.4, -0.2) is 16.4 Å². The van der Waals surface area contributed by atoms with Crippen LogP contribution in [0.3, 0.4) is 0 Å². The van der Waals surface area contributed by atoms with Crippen LogP contribution in [0.5, 0.6) is 0 Å². The lowest BCUT2D eigenvalue weighted by atomic mass is 10.3. The molecule has 0 bridgehead atoms. The first-order valence-corrected chi connectivity index (χ1v) is 4.45. The minimum atomic E-state index is 0.448. The SMILES string of the molecule is CSc1ncccc1CNO. The summed E-state index contributed by atoms with van der Waals surface area (Å²) in [5, 5.41) is 9.41. The lowest BCUT2D eigenvalue weighted by molar-refractivity contribution is 0.160. The van der Waals surface area contributed by atoms with Gasteiger partial charge in [-0.05, 0) is 12.3 Å². The van der Waals surface area contributed by atoms with E-state index >= 15 is 0 Å². The first-order chi connectivity index (χ1) is 5.38. The van der Waals surface area contributed by atoms with Crippen molar-refractivity contribution in [2.45, 2.75) is 11.6 Å². The Morgan fingerprint density at radius 2 is 2.55 bits per heavy atom. The highest BCUT2D eigenvalue weighted by molar-refractivity contribution is 7.98. The van der Waals surface area contributed by atoms with Gasteiger partial charge >= 0.3 is 0 Å². The topological polar surface area (TPSA) is 45.2 Å². The second kappa shape index (κ2) is 4.33. The van der Waals surface area contributed by atoms with E-state index in [0.717, 1.165) is 10.6 Å². The van der Waals surface area contributed by atoms with E-state index < -0.39 is 0 Å². The standard InChI is InChI=1S/C7H10N2OS/c1-11-7-6(5-9-10)3-2-4-8-7/h2-4,9-10H,5H2,1H3. The monoisotopic (exact) mass is 170 g/mol. The quantitative estimate of drug-likeness (QED) is 0.530. The van der Waals surface area contributed by atoms with E-state index in [-0.39, 0.29) is 0 Å². The average molecular weight is 170 g/mol. The average Bonchev–Trinajstić information content (AvgIpc) is 2.06. The van der Waals surface area contributed by atoms with Gasteiger partial charge < -0.3 is 5.21 Å². The van der Waals surface area contributed by atoms with Crippen LogP contribution in [0.4, 0.5) is 0 Å². The van der Waals surface area contributed by atoms with Crippen molar-refractivity contribution < 1.29 is 5.21 Å². The van der Waals surface area contributed by atoms with Crippen molar-refractivity contribution in [1.82, 2.24) is 10.5 Å². The molecule has 0 aliphatic heterocycles. The van der Waals surface area contributed by atoms with Crippen molar-refractivity contribution in [2.75, 3.05) is 6.26 Å². The van der Waals surface area contributed by atoms with Gasteiger partial charge in [0.2, 0.25) is 0 Å². The van der Waals surface area contributed by atoms with Gasteiger partial charge in [-0.1, -0.05) is 6.07 Å². The van der Waals surface area contributed by atoms with Crippen molar-refractivity contribution in [3.05, 3.63) is 23.9 Å². The Bertz CT molecular complexity index is 229. The molecular weight excluding hydrogens is 160 g/mol. The number of rotatable bonds is 3. The first kappa shape index (κ1) is 8.52. The second-order valence-electron chi connectivity index (χ2n) is 2.01. The molecule has 4 heteroatoms. The zero-order valence-corrected chi connectivity index (χ0v) is 7.06. The molecule has 1 aromatic rings. The highest BCUT2D eigenvalue weighted by Crippen LogP contribution is 2.15. The third kappa shape index (κ3) is 2.18. The Kier molecular flexibility index (Phi) is 3.35. The van der Waals surface area contributed by atoms with Crippen molar-refractivity contribution in [3.63, 3.8) is 0 Å². The summed E-state index contributed by atoms with van der Waals surface area (Å²) in [6.45, 7) is 0.448. The summed E-state index contributed by atoms with van der Waals surface area (Å²) in [6, 6.07) is 3.79. The Balaban J connectivity index is 2.83. The molecule has 0 unspecified atom stereocenters. The van der Waals surface area contributed by atoms with Crippen LogP contribution in [-0.2, 0) is 6.54 Å². The zero-order valence-electron chi connectivity index (χ0n) is 6.24. The summed E-state index contributed by atoms with van der Waals surface area (Å²) >= 11 is 1.57. The highest BCUT2D eigenvalue weighted by Gasteiger charge is 1.98. The predicted molar refractivity (Wildman–Crippen MR) is 44.6 cm³/mol. The Labute approximate surface area is 69.8 Å². The number of nitrogens with zero attached hydrogens (tertiary/aromatic N) is 1. The molecule has 1 rings (SSSR count). The number of aromatic nitrogens is 1. The van der Waals surface area contributed by atoms with Crippen molar-refractivity contribution >= 4 is 11.8 Å². The van der Waals surface area contributed by atoms with Gasteiger partial charge in [-0.2, -0.15) is 0 Å². The molecule has 0 aliphatic carbocycles. The van der Waals surface area contributed by atoms with Crippen molar-refractivity contribution in [3.8, 4) is 0 Å². The van der Waals surface area contributed by atoms with E-state index in [9.17, 15) is 0 Å². The summed E-state index contributed by atoms with van der Waals surface area (Å²) in [6.07, 6.45) is 3.70. The molecule has 0 fully saturated rings. The van der Waals surface area contributed by atoms with Gasteiger partial charge in [-0.15, -0.1) is 11.8 Å². The van der Waals surface area contributed by atoms with E-state index in [4.69, 9.17) is 5.21 Å². The smallest absolute Gasteiger partial charge is 0.100 e. The number of hydrogen-bond acceptors (Lipinski definition) is 4. The lowest BCUT2D eigenvalue weighted by Gasteiger charge is -2.02. The van der Waals surface area contributed by atoms with Crippen molar-refractivity contribution in [2.24, 2.45) is 0 Å². The van der Waals surface area contributed by atoms with Crippen molar-refractivity contribution in [1.29, 1.82) is 0 Å². The number of nitrogens with one attached hydrogen (secondary N) is 1. The molecule has 0 saturated heterocycles. The molecule has 3 nitrogen and oxygen atoms in total. The molecule has 0 aromatic carbocycles. The Hall–Kier alpha value is -0.580. The largest absolute Gasteiger partial charge is 0.316 e. The van der Waals surface area contributed by atoms with Crippen LogP contribution in [0.15, 0.2) is 23.4 Å². The van der Waals surface area contributed by atoms with Crippen LogP contribution in [0.25, 0.3) is 0 Å². The molecule has 60 valence electrons. The van der Waals surface area contributed by atoms with Gasteiger partial charge in [0.1, 0.15) is 5.03 Å². The van der Waals surface area contributed by atoms with Gasteiger partial charge in [0, 0.05) is 18.3 Å². The van der Waals surface area contributed by atoms with Gasteiger partial charge in [-0.25, -0.2) is 10.5 Å². The molecule has 1 heterocycles. The summed E-state index contributed by atoms with van der Waals surface area (Å²) in [5.74, 6) is 0. The van der Waals surface area contributed by atoms with E-state index in [1.165, 1.54) is 0 Å². The fourth-order valence-electron chi connectivity index (χ4n) is 0.828. The minimum absolute atomic E-state index is 0.448. The van der Waals surface area contributed by atoms with E-state index in [1.807, 2.05) is 18.4 Å². The summed E-state index contributed by atoms with van der Waals surface area (Å²) in [5.41, 5.74) is 3.12. The maximum atomic E-state index is 8.45. The van der Waals surface area contributed by atoms with E-state index in [2.05, 4.69) is 10.5 Å². The van der Waals surface area contributed by atoms with Crippen LogP contribution in [0, 0.1) is 0 Å². The third-order valence-electron chi connectivity index (χ3n) is 1.31. The molecular formula is C7H10N2OS. The van der Waals surface area contributed by atoms with Crippen LogP contribution in [0.1, 0.15) is 5.56 Å². The fraction of sp³-hybridized carbons (Fsp3) is 0.286. The maximum absolute atomic E-state index is 8.45. The van der Waals surface area contributed by atoms with E-state index in [0.29, 0.717) is 6.54 Å². The molecule has 1 aromatic heterocycles. The molecule has 2 N–H and O–H groups in total. The van der Waals surface area contributed by atoms with Crippen LogP contribution >= 0.6 is 11.8 Å². The summed E-state index contributed by atoms with van der Waals surface area (Å²) in [7, 11) is 0. The highest BCUT2D eigenvalue weighted by atomic mass is 32.2. The minimum Gasteiger partial charge on any atom is -0.316 e. The molecule has 0 aliphatic rings. The molecule has 0 spiro atoms. The molecule has 11 heavy (non-hydrogen) atoms. The van der Waals surface area contributed by atoms with Gasteiger partial charge in [-0.3, -0.25) is 0 Å². The maximum Gasteiger partial charge on any atom is 0.100 e. The van der Waals surface area contributed by atoms with Gasteiger partial charge in [0.15, 0.2) is 0 Å². The number of pyridine rings is 1. The predicted octanol–water partition coefficient (Wildman–Crippen LogP) is 1.28. The summed E-state index contributed by atoms with van der Waals surface area (Å²) < 4.78 is 0. The third-order valence-corrected chi connectivity index (χ3v) is 2.07. The molecule has 0 radical (unpaired) electrons. The fourth-order valence-corrected chi connectivity index (χ4v) is 1.40. The number of hydrogen-bond donors (Lipinski definition) is 2. The normalized spacial score (nSPS) is 10.0. The van der Waals surface area contributed by atoms with E-state index in [1.54, 1.807) is 18.0 Å². The molecule has 0 saturated carbocycles. The Morgan fingerprint density at radius 3 is 3.18 bits per heavy atom. The van der Waals surface area contributed by atoms with Crippen LogP contribution < -0.4 is 5.48 Å². The number of thioether (sulfide) groups is 1.